The zero-order chi connectivity index (χ0) is 11.8. The first-order valence-corrected chi connectivity index (χ1v) is 7.08. The second-order valence-electron chi connectivity index (χ2n) is 3.61. The largest absolute Gasteiger partial charge is 0.466 e. The molecule has 0 unspecified atom stereocenters. The minimum absolute atomic E-state index is 0.0902. The number of ether oxygens (including phenoxy) is 1. The van der Waals surface area contributed by atoms with E-state index < -0.39 is 0 Å². The Morgan fingerprint density at radius 3 is 2.81 bits per heavy atom. The molecular weight excluding hydrogens is 315 g/mol. The Hall–Kier alpha value is -0.580. The molecule has 0 atom stereocenters. The normalized spacial score (nSPS) is 10.1. The summed E-state index contributed by atoms with van der Waals surface area (Å²) >= 11 is 2.36. The smallest absolute Gasteiger partial charge is 0.305 e. The van der Waals surface area contributed by atoms with Crippen molar-refractivity contribution in [3.63, 3.8) is 0 Å². The molecule has 0 saturated carbocycles. The number of aryl methyl sites for hydroxylation is 1. The second kappa shape index (κ2) is 7.65. The molecule has 2 nitrogen and oxygen atoms in total. The van der Waals surface area contributed by atoms with E-state index in [-0.39, 0.29) is 5.97 Å². The standard InChI is InChI=1S/C13H17IO2/c1-2-16-13(15)8-4-6-11-5-3-7-12(9-11)10-14/h3,5,7,9H,2,4,6,8,10H2,1H3. The summed E-state index contributed by atoms with van der Waals surface area (Å²) < 4.78 is 5.92. The molecule has 0 heterocycles. The molecular formula is C13H17IO2. The van der Waals surface area contributed by atoms with Gasteiger partial charge in [0.05, 0.1) is 6.61 Å². The van der Waals surface area contributed by atoms with E-state index in [9.17, 15) is 4.79 Å². The first kappa shape index (κ1) is 13.5. The van der Waals surface area contributed by atoms with Crippen LogP contribution in [0.2, 0.25) is 0 Å². The second-order valence-corrected chi connectivity index (χ2v) is 4.37. The minimum Gasteiger partial charge on any atom is -0.466 e. The molecule has 1 aromatic rings. The molecule has 0 aliphatic heterocycles. The quantitative estimate of drug-likeness (QED) is 0.453. The molecule has 0 N–H and O–H groups in total. The van der Waals surface area contributed by atoms with Crippen LogP contribution in [0.4, 0.5) is 0 Å². The zero-order valence-electron chi connectivity index (χ0n) is 9.54. The van der Waals surface area contributed by atoms with Gasteiger partial charge in [-0.15, -0.1) is 0 Å². The van der Waals surface area contributed by atoms with Crippen molar-refractivity contribution in [3.05, 3.63) is 35.4 Å². The summed E-state index contributed by atoms with van der Waals surface area (Å²) in [4.78, 5) is 11.1. The molecule has 1 aromatic carbocycles. The Kier molecular flexibility index (Phi) is 6.45. The molecule has 0 saturated heterocycles. The highest BCUT2D eigenvalue weighted by atomic mass is 127. The predicted molar refractivity (Wildman–Crippen MR) is 73.7 cm³/mol. The van der Waals surface area contributed by atoms with Gasteiger partial charge in [-0.2, -0.15) is 0 Å². The number of carbonyl (C=O) groups excluding carboxylic acids is 1. The topological polar surface area (TPSA) is 26.3 Å². The van der Waals surface area contributed by atoms with Crippen LogP contribution in [0.1, 0.15) is 30.9 Å². The maximum atomic E-state index is 11.1. The monoisotopic (exact) mass is 332 g/mol. The fourth-order valence-corrected chi connectivity index (χ4v) is 2.01. The average molecular weight is 332 g/mol. The number of rotatable bonds is 6. The number of hydrogen-bond acceptors (Lipinski definition) is 2. The maximum Gasteiger partial charge on any atom is 0.305 e. The van der Waals surface area contributed by atoms with Gasteiger partial charge in [0, 0.05) is 10.8 Å². The van der Waals surface area contributed by atoms with Crippen molar-refractivity contribution in [3.8, 4) is 0 Å². The summed E-state index contributed by atoms with van der Waals surface area (Å²) in [6, 6.07) is 8.52. The van der Waals surface area contributed by atoms with Crippen LogP contribution >= 0.6 is 22.6 Å². The number of benzene rings is 1. The lowest BCUT2D eigenvalue weighted by atomic mass is 10.1. The third-order valence-corrected chi connectivity index (χ3v) is 3.18. The van der Waals surface area contributed by atoms with Crippen molar-refractivity contribution in [1.29, 1.82) is 0 Å². The minimum atomic E-state index is -0.0902. The van der Waals surface area contributed by atoms with Crippen molar-refractivity contribution >= 4 is 28.6 Å². The van der Waals surface area contributed by atoms with E-state index in [1.54, 1.807) is 0 Å². The van der Waals surface area contributed by atoms with Crippen LogP contribution in [-0.4, -0.2) is 12.6 Å². The highest BCUT2D eigenvalue weighted by Gasteiger charge is 2.02. The van der Waals surface area contributed by atoms with Crippen LogP contribution in [0.3, 0.4) is 0 Å². The van der Waals surface area contributed by atoms with Gasteiger partial charge in [-0.05, 0) is 30.9 Å². The lowest BCUT2D eigenvalue weighted by molar-refractivity contribution is -0.143. The summed E-state index contributed by atoms with van der Waals surface area (Å²) in [7, 11) is 0. The highest BCUT2D eigenvalue weighted by molar-refractivity contribution is 14.1. The lowest BCUT2D eigenvalue weighted by Gasteiger charge is -2.03. The van der Waals surface area contributed by atoms with E-state index in [1.165, 1.54) is 11.1 Å². The molecule has 0 aliphatic rings. The molecule has 16 heavy (non-hydrogen) atoms. The van der Waals surface area contributed by atoms with Gasteiger partial charge in [-0.25, -0.2) is 0 Å². The van der Waals surface area contributed by atoms with Crippen molar-refractivity contribution in [2.75, 3.05) is 6.61 Å². The molecule has 0 amide bonds. The van der Waals surface area contributed by atoms with Crippen LogP contribution in [0.25, 0.3) is 0 Å². The van der Waals surface area contributed by atoms with Crippen LogP contribution in [0, 0.1) is 0 Å². The van der Waals surface area contributed by atoms with Crippen molar-refractivity contribution < 1.29 is 9.53 Å². The van der Waals surface area contributed by atoms with Crippen molar-refractivity contribution in [2.24, 2.45) is 0 Å². The van der Waals surface area contributed by atoms with Gasteiger partial charge in [0.1, 0.15) is 0 Å². The van der Waals surface area contributed by atoms with Gasteiger partial charge >= 0.3 is 5.97 Å². The summed E-state index contributed by atoms with van der Waals surface area (Å²) in [5, 5.41) is 0. The van der Waals surface area contributed by atoms with Gasteiger partial charge in [0.2, 0.25) is 0 Å². The van der Waals surface area contributed by atoms with Crippen LogP contribution < -0.4 is 0 Å². The molecule has 88 valence electrons. The van der Waals surface area contributed by atoms with Gasteiger partial charge < -0.3 is 4.74 Å². The maximum absolute atomic E-state index is 11.1. The molecule has 0 aromatic heterocycles. The fourth-order valence-electron chi connectivity index (χ4n) is 1.54. The Balaban J connectivity index is 2.34. The Bertz CT molecular complexity index is 336. The van der Waals surface area contributed by atoms with Gasteiger partial charge in [-0.1, -0.05) is 46.9 Å². The van der Waals surface area contributed by atoms with E-state index in [0.29, 0.717) is 13.0 Å². The zero-order valence-corrected chi connectivity index (χ0v) is 11.7. The van der Waals surface area contributed by atoms with E-state index >= 15 is 0 Å². The summed E-state index contributed by atoms with van der Waals surface area (Å²) in [5.74, 6) is -0.0902. The molecule has 0 bridgehead atoms. The number of carbonyl (C=O) groups is 1. The van der Waals surface area contributed by atoms with Gasteiger partial charge in [0.15, 0.2) is 0 Å². The van der Waals surface area contributed by atoms with Crippen molar-refractivity contribution in [2.45, 2.75) is 30.6 Å². The molecule has 0 aliphatic carbocycles. The average Bonchev–Trinajstić information content (AvgIpc) is 2.30. The Morgan fingerprint density at radius 1 is 1.38 bits per heavy atom. The van der Waals surface area contributed by atoms with Crippen LogP contribution in [-0.2, 0) is 20.4 Å². The highest BCUT2D eigenvalue weighted by Crippen LogP contribution is 2.11. The predicted octanol–water partition coefficient (Wildman–Crippen LogP) is 3.51. The number of alkyl halides is 1. The number of hydrogen-bond donors (Lipinski definition) is 0. The summed E-state index contributed by atoms with van der Waals surface area (Å²) in [5.41, 5.74) is 2.65. The lowest BCUT2D eigenvalue weighted by Crippen LogP contribution is -2.04. The molecule has 0 radical (unpaired) electrons. The number of esters is 1. The van der Waals surface area contributed by atoms with Gasteiger partial charge in [0.25, 0.3) is 0 Å². The van der Waals surface area contributed by atoms with Gasteiger partial charge in [-0.3, -0.25) is 4.79 Å². The van der Waals surface area contributed by atoms with Crippen LogP contribution in [0.5, 0.6) is 0 Å². The number of halogens is 1. The Labute approximate surface area is 111 Å². The first-order valence-electron chi connectivity index (χ1n) is 5.55. The molecule has 1 rings (SSSR count). The van der Waals surface area contributed by atoms with E-state index in [0.717, 1.165) is 17.3 Å². The fraction of sp³-hybridized carbons (Fsp3) is 0.462. The third-order valence-electron chi connectivity index (χ3n) is 2.30. The summed E-state index contributed by atoms with van der Waals surface area (Å²) in [6.07, 6.45) is 2.33. The van der Waals surface area contributed by atoms with Crippen LogP contribution in [0.15, 0.2) is 24.3 Å². The van der Waals surface area contributed by atoms with E-state index in [1.807, 2.05) is 6.92 Å². The first-order chi connectivity index (χ1) is 7.76. The molecule has 0 fully saturated rings. The molecule has 0 spiro atoms. The Morgan fingerprint density at radius 2 is 2.12 bits per heavy atom. The van der Waals surface area contributed by atoms with Crippen molar-refractivity contribution in [1.82, 2.24) is 0 Å². The summed E-state index contributed by atoms with van der Waals surface area (Å²) in [6.45, 7) is 2.31. The van der Waals surface area contributed by atoms with E-state index in [4.69, 9.17) is 4.74 Å². The molecule has 3 heteroatoms. The van der Waals surface area contributed by atoms with E-state index in [2.05, 4.69) is 46.9 Å². The SMILES string of the molecule is CCOC(=O)CCCc1cccc(CI)c1. The third kappa shape index (κ3) is 4.96.